The van der Waals surface area contributed by atoms with E-state index in [0.717, 1.165) is 62.3 Å². The van der Waals surface area contributed by atoms with Crippen LogP contribution in [0, 0.1) is 0 Å². The third-order valence-electron chi connectivity index (χ3n) is 15.4. The zero-order chi connectivity index (χ0) is 45.3. The fourth-order valence-electron chi connectivity index (χ4n) is 12.7. The summed E-state index contributed by atoms with van der Waals surface area (Å²) in [6.07, 6.45) is 0. The van der Waals surface area contributed by atoms with Gasteiger partial charge in [-0.2, -0.15) is 0 Å². The number of nitrogens with zero attached hydrogens (tertiary/aromatic N) is 1. The topological polar surface area (TPSA) is 21.7 Å². The summed E-state index contributed by atoms with van der Waals surface area (Å²) in [4.78, 5) is 2.48. The van der Waals surface area contributed by atoms with Gasteiger partial charge in [0.15, 0.2) is 0 Å². The molecule has 2 aliphatic heterocycles. The number of para-hydroxylation sites is 4. The summed E-state index contributed by atoms with van der Waals surface area (Å²) in [5.74, 6) is 3.55. The molecular formula is C66H41NO2. The fourth-order valence-corrected chi connectivity index (χ4v) is 12.7. The van der Waals surface area contributed by atoms with Crippen LogP contribution in [0.2, 0.25) is 0 Å². The molecule has 11 aromatic rings. The second kappa shape index (κ2) is 14.3. The normalized spacial score (nSPS) is 14.3. The lowest BCUT2D eigenvalue weighted by atomic mass is 9.66. The molecule has 2 spiro atoms. The van der Waals surface area contributed by atoms with Gasteiger partial charge in [-0.3, -0.25) is 0 Å². The minimum Gasteiger partial charge on any atom is -0.457 e. The van der Waals surface area contributed by atoms with E-state index < -0.39 is 10.8 Å². The molecule has 0 radical (unpaired) electrons. The van der Waals surface area contributed by atoms with E-state index in [4.69, 9.17) is 9.47 Å². The van der Waals surface area contributed by atoms with Gasteiger partial charge in [0.2, 0.25) is 0 Å². The molecular weight excluding hydrogens is 839 g/mol. The van der Waals surface area contributed by atoms with Crippen LogP contribution in [-0.2, 0) is 10.8 Å². The Morgan fingerprint density at radius 3 is 1.35 bits per heavy atom. The Balaban J connectivity index is 1.00. The van der Waals surface area contributed by atoms with Gasteiger partial charge >= 0.3 is 0 Å². The van der Waals surface area contributed by atoms with Gasteiger partial charge in [-0.15, -0.1) is 0 Å². The van der Waals surface area contributed by atoms with Crippen molar-refractivity contribution in [3.05, 3.63) is 293 Å². The van der Waals surface area contributed by atoms with Gasteiger partial charge in [0.25, 0.3) is 0 Å². The Morgan fingerprint density at radius 2 is 0.739 bits per heavy atom. The summed E-state index contributed by atoms with van der Waals surface area (Å²) in [6.45, 7) is 0. The molecule has 2 heterocycles. The van der Waals surface area contributed by atoms with Gasteiger partial charge in [0.05, 0.1) is 16.5 Å². The lowest BCUT2D eigenvalue weighted by Gasteiger charge is -2.39. The Bertz CT molecular complexity index is 3830. The minimum atomic E-state index is -0.607. The number of anilines is 3. The van der Waals surface area contributed by atoms with E-state index in [0.29, 0.717) is 0 Å². The fraction of sp³-hybridized carbons (Fsp3) is 0.0303. The van der Waals surface area contributed by atoms with Crippen molar-refractivity contribution >= 4 is 27.8 Å². The van der Waals surface area contributed by atoms with E-state index in [-0.39, 0.29) is 0 Å². The highest BCUT2D eigenvalue weighted by atomic mass is 16.5. The van der Waals surface area contributed by atoms with E-state index in [1.54, 1.807) is 0 Å². The summed E-state index contributed by atoms with van der Waals surface area (Å²) >= 11 is 0. The Labute approximate surface area is 400 Å². The lowest BCUT2D eigenvalue weighted by molar-refractivity contribution is 0.436. The number of benzene rings is 11. The van der Waals surface area contributed by atoms with Crippen molar-refractivity contribution in [2.24, 2.45) is 0 Å². The van der Waals surface area contributed by atoms with E-state index in [1.807, 2.05) is 0 Å². The van der Waals surface area contributed by atoms with Gasteiger partial charge in [0, 0.05) is 39.0 Å². The number of ether oxygens (including phenoxy) is 2. The van der Waals surface area contributed by atoms with Gasteiger partial charge in [-0.1, -0.05) is 194 Å². The maximum atomic E-state index is 6.73. The van der Waals surface area contributed by atoms with Crippen molar-refractivity contribution in [3.63, 3.8) is 0 Å². The van der Waals surface area contributed by atoms with Crippen molar-refractivity contribution in [1.29, 1.82) is 0 Å². The molecule has 0 N–H and O–H groups in total. The largest absolute Gasteiger partial charge is 0.457 e. The van der Waals surface area contributed by atoms with Crippen molar-refractivity contribution in [2.75, 3.05) is 4.90 Å². The first kappa shape index (κ1) is 38.2. The number of hydrogen-bond donors (Lipinski definition) is 0. The molecule has 0 bridgehead atoms. The third kappa shape index (κ3) is 5.06. The first-order valence-corrected chi connectivity index (χ1v) is 23.8. The second-order valence-electron chi connectivity index (χ2n) is 18.6. The van der Waals surface area contributed by atoms with Gasteiger partial charge in [-0.05, 0) is 116 Å². The van der Waals surface area contributed by atoms with Crippen LogP contribution in [0.25, 0.3) is 44.2 Å². The SMILES string of the molecule is c1ccc(-c2ccc(N(c3ccc4c(c3)C3(c5ccccc5Oc5ccccc53)c3ccccc3-4)c3cccc4c5c(ccc34)C3(c4ccccc4Oc4ccccc43)c3ccccc3-5)cc2)cc1. The molecule has 4 aliphatic rings. The van der Waals surface area contributed by atoms with E-state index in [9.17, 15) is 0 Å². The van der Waals surface area contributed by atoms with E-state index >= 15 is 0 Å². The average molecular weight is 880 g/mol. The highest BCUT2D eigenvalue weighted by molar-refractivity contribution is 6.10. The highest BCUT2D eigenvalue weighted by Crippen LogP contribution is 2.65. The smallest absolute Gasteiger partial charge is 0.132 e. The summed E-state index contributed by atoms with van der Waals surface area (Å²) in [7, 11) is 0. The molecule has 0 aromatic heterocycles. The van der Waals surface area contributed by atoms with Gasteiger partial charge < -0.3 is 14.4 Å². The number of fused-ring (bicyclic) bond motifs is 20. The molecule has 69 heavy (non-hydrogen) atoms. The molecule has 0 unspecified atom stereocenters. The zero-order valence-corrected chi connectivity index (χ0v) is 37.4. The van der Waals surface area contributed by atoms with Crippen LogP contribution < -0.4 is 14.4 Å². The van der Waals surface area contributed by atoms with Crippen LogP contribution in [0.5, 0.6) is 23.0 Å². The summed E-state index contributed by atoms with van der Waals surface area (Å²) in [5, 5.41) is 2.38. The van der Waals surface area contributed by atoms with Gasteiger partial charge in [-0.25, -0.2) is 0 Å². The predicted octanol–water partition coefficient (Wildman–Crippen LogP) is 16.9. The summed E-state index contributed by atoms with van der Waals surface area (Å²) < 4.78 is 13.4. The van der Waals surface area contributed by atoms with E-state index in [2.05, 4.69) is 254 Å². The highest BCUT2D eigenvalue weighted by Gasteiger charge is 2.53. The first-order valence-electron chi connectivity index (χ1n) is 23.8. The number of rotatable bonds is 4. The average Bonchev–Trinajstić information content (AvgIpc) is 3.87. The van der Waals surface area contributed by atoms with Crippen LogP contribution >= 0.6 is 0 Å². The van der Waals surface area contributed by atoms with E-state index in [1.165, 1.54) is 66.4 Å². The molecule has 11 aromatic carbocycles. The molecule has 0 fully saturated rings. The molecule has 0 saturated heterocycles. The Kier molecular flexibility index (Phi) is 7.92. The standard InChI is InChI=1S/C66H41NO2/c1-2-17-42(18-3-1)43-33-35-44(36-34-43)67(45-37-38-47-46-19-4-6-22-51(46)66(58(47)41-45)55-26-10-14-31-62(55)69-63-32-15-11-27-56(63)66)59-28-16-21-49-48(59)39-40-57-64(49)50-20-5-7-23-52(50)65(57)53-24-8-12-29-60(53)68-61-30-13-9-25-54(61)65/h1-41H. The summed E-state index contributed by atoms with van der Waals surface area (Å²) in [6, 6.07) is 90.9. The monoisotopic (exact) mass is 879 g/mol. The van der Waals surface area contributed by atoms with Crippen LogP contribution in [-0.4, -0.2) is 0 Å². The minimum absolute atomic E-state index is 0.561. The Morgan fingerprint density at radius 1 is 0.275 bits per heavy atom. The van der Waals surface area contributed by atoms with Crippen molar-refractivity contribution < 1.29 is 9.47 Å². The molecule has 0 atom stereocenters. The predicted molar refractivity (Wildman–Crippen MR) is 279 cm³/mol. The van der Waals surface area contributed by atoms with Crippen LogP contribution in [0.15, 0.2) is 249 Å². The molecule has 322 valence electrons. The van der Waals surface area contributed by atoms with Gasteiger partial charge in [0.1, 0.15) is 23.0 Å². The quantitative estimate of drug-likeness (QED) is 0.176. The zero-order valence-electron chi connectivity index (χ0n) is 37.4. The number of hydrogen-bond acceptors (Lipinski definition) is 3. The molecule has 2 aliphatic carbocycles. The third-order valence-corrected chi connectivity index (χ3v) is 15.4. The van der Waals surface area contributed by atoms with Crippen molar-refractivity contribution in [2.45, 2.75) is 10.8 Å². The summed E-state index contributed by atoms with van der Waals surface area (Å²) in [5.41, 5.74) is 19.1. The Hall–Kier alpha value is -8.92. The maximum Gasteiger partial charge on any atom is 0.132 e. The van der Waals surface area contributed by atoms with Crippen LogP contribution in [0.3, 0.4) is 0 Å². The van der Waals surface area contributed by atoms with Crippen LogP contribution in [0.4, 0.5) is 17.1 Å². The maximum absolute atomic E-state index is 6.73. The second-order valence-corrected chi connectivity index (χ2v) is 18.6. The molecule has 0 saturated carbocycles. The molecule has 3 nitrogen and oxygen atoms in total. The van der Waals surface area contributed by atoms with Crippen molar-refractivity contribution in [1.82, 2.24) is 0 Å². The molecule has 0 amide bonds. The first-order chi connectivity index (χ1) is 34.2. The van der Waals surface area contributed by atoms with Crippen LogP contribution in [0.1, 0.15) is 44.5 Å². The molecule has 3 heteroatoms. The van der Waals surface area contributed by atoms with Crippen molar-refractivity contribution in [3.8, 4) is 56.4 Å². The lowest BCUT2D eigenvalue weighted by Crippen LogP contribution is -2.32. The molecule has 15 rings (SSSR count).